The van der Waals surface area contributed by atoms with E-state index in [2.05, 4.69) is 28.6 Å². The number of hydrogen-bond acceptors (Lipinski definition) is 2. The molecular formula is C18H24N4O. The van der Waals surface area contributed by atoms with Gasteiger partial charge in [-0.25, -0.2) is 9.78 Å². The molecule has 1 aromatic carbocycles. The first-order valence-electron chi connectivity index (χ1n) is 8.13. The van der Waals surface area contributed by atoms with Gasteiger partial charge >= 0.3 is 6.03 Å². The molecule has 1 aromatic heterocycles. The molecule has 0 spiro atoms. The lowest BCUT2D eigenvalue weighted by Gasteiger charge is -2.35. The van der Waals surface area contributed by atoms with Crippen LogP contribution >= 0.6 is 0 Å². The zero-order valence-electron chi connectivity index (χ0n) is 14.1. The number of carbonyl (C=O) groups excluding carboxylic acids is 1. The number of aromatic nitrogens is 2. The Kier molecular flexibility index (Phi) is 4.37. The standard InChI is InChI=1S/C18H24N4O/c1-14-13-19-17(15-7-5-4-6-8-15)22(14)16-9-11-21(12-10-16)18(23)20(2)3/h4-8,13,16H,9-12H2,1-3H3. The summed E-state index contributed by atoms with van der Waals surface area (Å²) in [6.45, 7) is 3.71. The van der Waals surface area contributed by atoms with Crippen molar-refractivity contribution in [3.63, 3.8) is 0 Å². The molecule has 0 N–H and O–H groups in total. The van der Waals surface area contributed by atoms with Crippen molar-refractivity contribution < 1.29 is 4.79 Å². The molecule has 0 saturated carbocycles. The molecule has 5 nitrogen and oxygen atoms in total. The van der Waals surface area contributed by atoms with E-state index >= 15 is 0 Å². The fourth-order valence-electron chi connectivity index (χ4n) is 3.31. The van der Waals surface area contributed by atoms with Crippen LogP contribution in [0.3, 0.4) is 0 Å². The predicted octanol–water partition coefficient (Wildman–Crippen LogP) is 3.18. The molecular weight excluding hydrogens is 288 g/mol. The van der Waals surface area contributed by atoms with E-state index in [9.17, 15) is 4.79 Å². The van der Waals surface area contributed by atoms with E-state index in [0.717, 1.165) is 37.3 Å². The summed E-state index contributed by atoms with van der Waals surface area (Å²) >= 11 is 0. The van der Waals surface area contributed by atoms with Crippen LogP contribution in [0.25, 0.3) is 11.4 Å². The van der Waals surface area contributed by atoms with Crippen molar-refractivity contribution in [2.45, 2.75) is 25.8 Å². The van der Waals surface area contributed by atoms with E-state index < -0.39 is 0 Å². The second kappa shape index (κ2) is 6.44. The Morgan fingerprint density at radius 1 is 1.17 bits per heavy atom. The van der Waals surface area contributed by atoms with Crippen molar-refractivity contribution in [1.29, 1.82) is 0 Å². The molecule has 23 heavy (non-hydrogen) atoms. The van der Waals surface area contributed by atoms with Gasteiger partial charge in [-0.15, -0.1) is 0 Å². The molecule has 0 aliphatic carbocycles. The minimum Gasteiger partial charge on any atom is -0.331 e. The number of likely N-dealkylation sites (tertiary alicyclic amines) is 1. The Bertz CT molecular complexity index is 670. The van der Waals surface area contributed by atoms with Gasteiger partial charge in [-0.2, -0.15) is 0 Å². The van der Waals surface area contributed by atoms with Crippen molar-refractivity contribution in [3.05, 3.63) is 42.2 Å². The maximum atomic E-state index is 12.1. The maximum Gasteiger partial charge on any atom is 0.319 e. The smallest absolute Gasteiger partial charge is 0.319 e. The molecule has 2 heterocycles. The first-order valence-corrected chi connectivity index (χ1v) is 8.13. The molecule has 3 rings (SSSR count). The van der Waals surface area contributed by atoms with Gasteiger partial charge in [0.2, 0.25) is 0 Å². The quantitative estimate of drug-likeness (QED) is 0.854. The van der Waals surface area contributed by atoms with Crippen LogP contribution in [0.1, 0.15) is 24.6 Å². The van der Waals surface area contributed by atoms with Crippen LogP contribution in [0.4, 0.5) is 4.79 Å². The zero-order valence-corrected chi connectivity index (χ0v) is 14.1. The minimum atomic E-state index is 0.106. The molecule has 122 valence electrons. The molecule has 0 atom stereocenters. The molecule has 0 radical (unpaired) electrons. The summed E-state index contributed by atoms with van der Waals surface area (Å²) in [4.78, 5) is 20.3. The van der Waals surface area contributed by atoms with Crippen LogP contribution in [0.15, 0.2) is 36.5 Å². The number of imidazole rings is 1. The van der Waals surface area contributed by atoms with E-state index in [1.54, 1.807) is 4.90 Å². The lowest BCUT2D eigenvalue weighted by Crippen LogP contribution is -2.44. The monoisotopic (exact) mass is 312 g/mol. The number of hydrogen-bond donors (Lipinski definition) is 0. The van der Waals surface area contributed by atoms with Crippen LogP contribution in [0.5, 0.6) is 0 Å². The van der Waals surface area contributed by atoms with Gasteiger partial charge in [0, 0.05) is 50.7 Å². The van der Waals surface area contributed by atoms with Gasteiger partial charge in [0.05, 0.1) is 0 Å². The third-order valence-corrected chi connectivity index (χ3v) is 4.50. The van der Waals surface area contributed by atoms with Gasteiger partial charge in [-0.1, -0.05) is 30.3 Å². The summed E-state index contributed by atoms with van der Waals surface area (Å²) in [5.74, 6) is 1.03. The fourth-order valence-corrected chi connectivity index (χ4v) is 3.31. The maximum absolute atomic E-state index is 12.1. The first-order chi connectivity index (χ1) is 11.1. The minimum absolute atomic E-state index is 0.106. The molecule has 1 saturated heterocycles. The van der Waals surface area contributed by atoms with E-state index in [-0.39, 0.29) is 6.03 Å². The molecule has 0 bridgehead atoms. The molecule has 1 fully saturated rings. The molecule has 0 unspecified atom stereocenters. The molecule has 2 amide bonds. The second-order valence-electron chi connectivity index (χ2n) is 6.35. The number of rotatable bonds is 2. The molecule has 5 heteroatoms. The fraction of sp³-hybridized carbons (Fsp3) is 0.444. The number of amides is 2. The van der Waals surface area contributed by atoms with Crippen molar-refractivity contribution in [2.75, 3.05) is 27.2 Å². The number of urea groups is 1. The SMILES string of the molecule is Cc1cnc(-c2ccccc2)n1C1CCN(C(=O)N(C)C)CC1. The summed E-state index contributed by atoms with van der Waals surface area (Å²) < 4.78 is 2.34. The third-order valence-electron chi connectivity index (χ3n) is 4.50. The largest absolute Gasteiger partial charge is 0.331 e. The molecule has 1 aliphatic rings. The average Bonchev–Trinajstić information content (AvgIpc) is 2.96. The zero-order chi connectivity index (χ0) is 16.4. The Balaban J connectivity index is 1.79. The van der Waals surface area contributed by atoms with Gasteiger partial charge in [0.1, 0.15) is 5.82 Å². The van der Waals surface area contributed by atoms with Crippen LogP contribution in [0, 0.1) is 6.92 Å². The summed E-state index contributed by atoms with van der Waals surface area (Å²) in [5.41, 5.74) is 2.33. The highest BCUT2D eigenvalue weighted by Gasteiger charge is 2.27. The lowest BCUT2D eigenvalue weighted by molar-refractivity contribution is 0.148. The molecule has 1 aliphatic heterocycles. The number of piperidine rings is 1. The van der Waals surface area contributed by atoms with E-state index in [0.29, 0.717) is 6.04 Å². The highest BCUT2D eigenvalue weighted by Crippen LogP contribution is 2.30. The second-order valence-corrected chi connectivity index (χ2v) is 6.35. The Morgan fingerprint density at radius 2 is 1.83 bits per heavy atom. The van der Waals surface area contributed by atoms with Crippen LogP contribution in [-0.2, 0) is 0 Å². The first kappa shape index (κ1) is 15.6. The van der Waals surface area contributed by atoms with Gasteiger partial charge in [-0.3, -0.25) is 0 Å². The topological polar surface area (TPSA) is 41.4 Å². The van der Waals surface area contributed by atoms with E-state index in [1.165, 1.54) is 5.69 Å². The number of carbonyl (C=O) groups is 1. The van der Waals surface area contributed by atoms with Gasteiger partial charge in [-0.05, 0) is 19.8 Å². The summed E-state index contributed by atoms with van der Waals surface area (Å²) in [6, 6.07) is 10.8. The Morgan fingerprint density at radius 3 is 2.43 bits per heavy atom. The molecule has 2 aromatic rings. The van der Waals surface area contributed by atoms with Crippen molar-refractivity contribution in [3.8, 4) is 11.4 Å². The highest BCUT2D eigenvalue weighted by atomic mass is 16.2. The van der Waals surface area contributed by atoms with Crippen molar-refractivity contribution in [1.82, 2.24) is 19.4 Å². The summed E-state index contributed by atoms with van der Waals surface area (Å²) in [5, 5.41) is 0. The van der Waals surface area contributed by atoms with E-state index in [4.69, 9.17) is 0 Å². The summed E-state index contributed by atoms with van der Waals surface area (Å²) in [7, 11) is 3.61. The van der Waals surface area contributed by atoms with Crippen LogP contribution in [-0.4, -0.2) is 52.6 Å². The highest BCUT2D eigenvalue weighted by molar-refractivity contribution is 5.73. The van der Waals surface area contributed by atoms with Crippen molar-refractivity contribution in [2.24, 2.45) is 0 Å². The number of nitrogens with zero attached hydrogens (tertiary/aromatic N) is 4. The predicted molar refractivity (Wildman–Crippen MR) is 91.3 cm³/mol. The lowest BCUT2D eigenvalue weighted by atomic mass is 10.0. The number of aryl methyl sites for hydroxylation is 1. The van der Waals surface area contributed by atoms with E-state index in [1.807, 2.05) is 43.4 Å². The van der Waals surface area contributed by atoms with Gasteiger partial charge in [0.25, 0.3) is 0 Å². The van der Waals surface area contributed by atoms with Gasteiger partial charge < -0.3 is 14.4 Å². The number of benzene rings is 1. The van der Waals surface area contributed by atoms with Gasteiger partial charge in [0.15, 0.2) is 0 Å². The van der Waals surface area contributed by atoms with Crippen molar-refractivity contribution >= 4 is 6.03 Å². The Hall–Kier alpha value is -2.30. The summed E-state index contributed by atoms with van der Waals surface area (Å²) in [6.07, 6.45) is 3.88. The van der Waals surface area contributed by atoms with Crippen LogP contribution < -0.4 is 0 Å². The average molecular weight is 312 g/mol. The normalized spacial score (nSPS) is 15.7. The van der Waals surface area contributed by atoms with Crippen LogP contribution in [0.2, 0.25) is 0 Å². The Labute approximate surface area is 137 Å². The third kappa shape index (κ3) is 3.09.